The quantitative estimate of drug-likeness (QED) is 0.436. The summed E-state index contributed by atoms with van der Waals surface area (Å²) < 4.78 is 5.65. The number of hydrogen-bond donors (Lipinski definition) is 2. The van der Waals surface area contributed by atoms with Gasteiger partial charge >= 0.3 is 0 Å². The van der Waals surface area contributed by atoms with Crippen molar-refractivity contribution in [2.75, 3.05) is 6.54 Å². The molecule has 0 spiro atoms. The van der Waals surface area contributed by atoms with Gasteiger partial charge in [-0.1, -0.05) is 0 Å². The van der Waals surface area contributed by atoms with Gasteiger partial charge in [-0.05, 0) is 26.7 Å². The van der Waals surface area contributed by atoms with Crippen molar-refractivity contribution < 1.29 is 4.74 Å². The maximum atomic E-state index is 5.65. The molecular weight excluding hydrogens is 128 g/mol. The Morgan fingerprint density at radius 3 is 2.80 bits per heavy atom. The molecule has 0 bridgehead atoms. The average molecular weight is 144 g/mol. The van der Waals surface area contributed by atoms with Crippen molar-refractivity contribution in [1.82, 2.24) is 5.43 Å². The van der Waals surface area contributed by atoms with Gasteiger partial charge in [0.1, 0.15) is 0 Å². The van der Waals surface area contributed by atoms with Gasteiger partial charge in [0.05, 0.1) is 11.7 Å². The van der Waals surface area contributed by atoms with Gasteiger partial charge in [0.15, 0.2) is 0 Å². The molecule has 0 aliphatic carbocycles. The minimum absolute atomic E-state index is 0.0709. The van der Waals surface area contributed by atoms with E-state index in [9.17, 15) is 0 Å². The molecule has 3 heteroatoms. The zero-order valence-electron chi connectivity index (χ0n) is 6.68. The first-order valence-electron chi connectivity index (χ1n) is 3.75. The highest BCUT2D eigenvalue weighted by atomic mass is 16.5. The summed E-state index contributed by atoms with van der Waals surface area (Å²) in [5.41, 5.74) is 2.69. The Balaban J connectivity index is 2.29. The highest BCUT2D eigenvalue weighted by molar-refractivity contribution is 4.81. The Hall–Kier alpha value is -0.120. The maximum Gasteiger partial charge on any atom is 0.0721 e. The van der Waals surface area contributed by atoms with E-state index in [4.69, 9.17) is 10.6 Å². The van der Waals surface area contributed by atoms with Crippen LogP contribution in [0, 0.1) is 0 Å². The summed E-state index contributed by atoms with van der Waals surface area (Å²) in [6.45, 7) is 5.00. The lowest BCUT2D eigenvalue weighted by molar-refractivity contribution is -0.0141. The van der Waals surface area contributed by atoms with E-state index in [-0.39, 0.29) is 5.60 Å². The van der Waals surface area contributed by atoms with Gasteiger partial charge in [0.25, 0.3) is 0 Å². The Labute approximate surface area is 61.9 Å². The molecule has 3 N–H and O–H groups in total. The van der Waals surface area contributed by atoms with Crippen LogP contribution in [0.25, 0.3) is 0 Å². The van der Waals surface area contributed by atoms with Crippen LogP contribution in [0.15, 0.2) is 0 Å². The molecular formula is C7H16N2O. The first-order chi connectivity index (χ1) is 4.64. The van der Waals surface area contributed by atoms with Crippen LogP contribution < -0.4 is 11.3 Å². The monoisotopic (exact) mass is 144 g/mol. The molecule has 0 saturated carbocycles. The number of hydrogen-bond acceptors (Lipinski definition) is 3. The first-order valence-corrected chi connectivity index (χ1v) is 3.75. The van der Waals surface area contributed by atoms with Crippen molar-refractivity contribution in [3.8, 4) is 0 Å². The van der Waals surface area contributed by atoms with Crippen LogP contribution in [-0.2, 0) is 4.74 Å². The van der Waals surface area contributed by atoms with Crippen molar-refractivity contribution in [2.24, 2.45) is 5.84 Å². The van der Waals surface area contributed by atoms with Crippen LogP contribution in [0.3, 0.4) is 0 Å². The molecule has 0 aromatic rings. The van der Waals surface area contributed by atoms with E-state index in [1.54, 1.807) is 0 Å². The first kappa shape index (κ1) is 7.98. The standard InChI is InChI=1S/C7H16N2O/c1-7(2)4-3-6(10-7)5-9-8/h6,9H,3-5,8H2,1-2H3. The molecule has 1 heterocycles. The predicted octanol–water partition coefficient (Wildman–Crippen LogP) is 0.407. The van der Waals surface area contributed by atoms with Crippen LogP contribution in [0.2, 0.25) is 0 Å². The van der Waals surface area contributed by atoms with Gasteiger partial charge in [-0.25, -0.2) is 0 Å². The molecule has 0 radical (unpaired) electrons. The molecule has 1 saturated heterocycles. The fraction of sp³-hybridized carbons (Fsp3) is 1.00. The SMILES string of the molecule is CC1(C)CCC(CNN)O1. The van der Waals surface area contributed by atoms with E-state index < -0.39 is 0 Å². The third-order valence-electron chi connectivity index (χ3n) is 1.90. The molecule has 1 atom stereocenters. The zero-order chi connectivity index (χ0) is 7.61. The van der Waals surface area contributed by atoms with Gasteiger partial charge < -0.3 is 4.74 Å². The largest absolute Gasteiger partial charge is 0.371 e. The number of rotatable bonds is 2. The van der Waals surface area contributed by atoms with Crippen molar-refractivity contribution >= 4 is 0 Å². The van der Waals surface area contributed by atoms with Crippen LogP contribution in [0.1, 0.15) is 26.7 Å². The number of nitrogens with one attached hydrogen (secondary N) is 1. The third-order valence-corrected chi connectivity index (χ3v) is 1.90. The highest BCUT2D eigenvalue weighted by Crippen LogP contribution is 2.28. The number of hydrazine groups is 1. The van der Waals surface area contributed by atoms with E-state index in [1.807, 2.05) is 0 Å². The minimum atomic E-state index is 0.0709. The van der Waals surface area contributed by atoms with Gasteiger partial charge in [0, 0.05) is 6.54 Å². The van der Waals surface area contributed by atoms with E-state index in [0.717, 1.165) is 19.4 Å². The molecule has 1 fully saturated rings. The molecule has 1 unspecified atom stereocenters. The summed E-state index contributed by atoms with van der Waals surface area (Å²) in [5, 5.41) is 0. The second-order valence-electron chi connectivity index (χ2n) is 3.45. The van der Waals surface area contributed by atoms with Gasteiger partial charge in [-0.3, -0.25) is 11.3 Å². The average Bonchev–Trinajstić information content (AvgIpc) is 2.12. The van der Waals surface area contributed by atoms with E-state index in [0.29, 0.717) is 6.10 Å². The number of nitrogens with two attached hydrogens (primary N) is 1. The van der Waals surface area contributed by atoms with Gasteiger partial charge in [-0.2, -0.15) is 0 Å². The number of ether oxygens (including phenoxy) is 1. The van der Waals surface area contributed by atoms with Gasteiger partial charge in [0.2, 0.25) is 0 Å². The van der Waals surface area contributed by atoms with Crippen LogP contribution in [0.4, 0.5) is 0 Å². The smallest absolute Gasteiger partial charge is 0.0721 e. The summed E-state index contributed by atoms with van der Waals surface area (Å²) in [4.78, 5) is 0. The molecule has 1 aliphatic rings. The molecule has 1 rings (SSSR count). The van der Waals surface area contributed by atoms with Crippen molar-refractivity contribution in [2.45, 2.75) is 38.4 Å². The summed E-state index contributed by atoms with van der Waals surface area (Å²) in [5.74, 6) is 5.17. The second kappa shape index (κ2) is 2.86. The summed E-state index contributed by atoms with van der Waals surface area (Å²) in [6.07, 6.45) is 2.58. The normalized spacial score (nSPS) is 30.9. The summed E-state index contributed by atoms with van der Waals surface area (Å²) in [7, 11) is 0. The molecule has 3 nitrogen and oxygen atoms in total. The fourth-order valence-electron chi connectivity index (χ4n) is 1.35. The Kier molecular flexibility index (Phi) is 2.28. The van der Waals surface area contributed by atoms with Crippen LogP contribution in [0.5, 0.6) is 0 Å². The van der Waals surface area contributed by atoms with Crippen molar-refractivity contribution in [3.05, 3.63) is 0 Å². The predicted molar refractivity (Wildman–Crippen MR) is 40.4 cm³/mol. The highest BCUT2D eigenvalue weighted by Gasteiger charge is 2.30. The topological polar surface area (TPSA) is 47.3 Å². The van der Waals surface area contributed by atoms with Crippen LogP contribution in [-0.4, -0.2) is 18.2 Å². The Morgan fingerprint density at radius 1 is 1.70 bits per heavy atom. The van der Waals surface area contributed by atoms with E-state index >= 15 is 0 Å². The molecule has 0 aromatic carbocycles. The van der Waals surface area contributed by atoms with Crippen molar-refractivity contribution in [3.63, 3.8) is 0 Å². The molecule has 0 aromatic heterocycles. The summed E-state index contributed by atoms with van der Waals surface area (Å²) >= 11 is 0. The minimum Gasteiger partial charge on any atom is -0.371 e. The lowest BCUT2D eigenvalue weighted by Crippen LogP contribution is -2.33. The molecule has 10 heavy (non-hydrogen) atoms. The Bertz CT molecular complexity index is 114. The van der Waals surface area contributed by atoms with E-state index in [1.165, 1.54) is 0 Å². The molecule has 0 amide bonds. The van der Waals surface area contributed by atoms with Crippen LogP contribution >= 0.6 is 0 Å². The fourth-order valence-corrected chi connectivity index (χ4v) is 1.35. The lowest BCUT2D eigenvalue weighted by Gasteiger charge is -2.18. The van der Waals surface area contributed by atoms with E-state index in [2.05, 4.69) is 19.3 Å². The second-order valence-corrected chi connectivity index (χ2v) is 3.45. The molecule has 1 aliphatic heterocycles. The Morgan fingerprint density at radius 2 is 2.40 bits per heavy atom. The maximum absolute atomic E-state index is 5.65. The lowest BCUT2D eigenvalue weighted by atomic mass is 10.1. The zero-order valence-corrected chi connectivity index (χ0v) is 6.68. The third kappa shape index (κ3) is 1.94. The summed E-state index contributed by atoms with van der Waals surface area (Å²) in [6, 6.07) is 0. The molecule has 60 valence electrons. The van der Waals surface area contributed by atoms with Crippen molar-refractivity contribution in [1.29, 1.82) is 0 Å². The van der Waals surface area contributed by atoms with Gasteiger partial charge in [-0.15, -0.1) is 0 Å².